The second-order valence-electron chi connectivity index (χ2n) is 4.45. The maximum atomic E-state index is 13.1. The van der Waals surface area contributed by atoms with E-state index in [1.807, 2.05) is 0 Å². The zero-order chi connectivity index (χ0) is 14.5. The van der Waals surface area contributed by atoms with E-state index in [4.69, 9.17) is 5.11 Å². The minimum atomic E-state index is -0.827. The van der Waals surface area contributed by atoms with Crippen LogP contribution < -0.4 is 5.32 Å². The standard InChI is InChI=1S/C15H15F2NO2/c16-12-5-11(6-13(17)7-12)10-1-3-14(4-2-10)18-8-15(20)9-19/h1-7,15,18-20H,8-9H2. The van der Waals surface area contributed by atoms with Gasteiger partial charge in [-0.3, -0.25) is 0 Å². The number of nitrogens with one attached hydrogen (secondary N) is 1. The van der Waals surface area contributed by atoms with E-state index in [2.05, 4.69) is 5.32 Å². The van der Waals surface area contributed by atoms with Crippen molar-refractivity contribution in [3.8, 4) is 11.1 Å². The number of hydrogen-bond donors (Lipinski definition) is 3. The molecule has 0 aliphatic heterocycles. The molecule has 1 atom stereocenters. The summed E-state index contributed by atoms with van der Waals surface area (Å²) in [5.74, 6) is -1.23. The van der Waals surface area contributed by atoms with Gasteiger partial charge in [0.25, 0.3) is 0 Å². The number of halogens is 2. The number of hydrogen-bond acceptors (Lipinski definition) is 3. The Bertz CT molecular complexity index is 552. The topological polar surface area (TPSA) is 52.5 Å². The summed E-state index contributed by atoms with van der Waals surface area (Å²) in [5, 5.41) is 20.9. The largest absolute Gasteiger partial charge is 0.394 e. The number of benzene rings is 2. The molecule has 0 bridgehead atoms. The van der Waals surface area contributed by atoms with Crippen molar-refractivity contribution in [3.05, 3.63) is 54.1 Å². The zero-order valence-corrected chi connectivity index (χ0v) is 10.7. The maximum Gasteiger partial charge on any atom is 0.126 e. The van der Waals surface area contributed by atoms with Crippen LogP contribution in [-0.4, -0.2) is 29.5 Å². The predicted molar refractivity (Wildman–Crippen MR) is 73.4 cm³/mol. The van der Waals surface area contributed by atoms with E-state index >= 15 is 0 Å². The Kier molecular flexibility index (Phi) is 4.65. The van der Waals surface area contributed by atoms with Crippen LogP contribution in [0.1, 0.15) is 0 Å². The van der Waals surface area contributed by atoms with Gasteiger partial charge in [-0.15, -0.1) is 0 Å². The lowest BCUT2D eigenvalue weighted by Crippen LogP contribution is -2.22. The van der Waals surface area contributed by atoms with Crippen LogP contribution in [-0.2, 0) is 0 Å². The molecule has 0 saturated heterocycles. The molecule has 0 heterocycles. The Morgan fingerprint density at radius 2 is 1.55 bits per heavy atom. The Hall–Kier alpha value is -1.98. The van der Waals surface area contributed by atoms with Crippen molar-refractivity contribution >= 4 is 5.69 Å². The van der Waals surface area contributed by atoms with Crippen LogP contribution in [0, 0.1) is 11.6 Å². The average Bonchev–Trinajstić information content (AvgIpc) is 2.44. The first-order chi connectivity index (χ1) is 9.58. The molecule has 3 nitrogen and oxygen atoms in total. The third-order valence-electron chi connectivity index (χ3n) is 2.83. The van der Waals surface area contributed by atoms with Gasteiger partial charge >= 0.3 is 0 Å². The summed E-state index contributed by atoms with van der Waals surface area (Å²) in [6.45, 7) is -0.0852. The molecule has 0 aliphatic carbocycles. The molecular formula is C15H15F2NO2. The average molecular weight is 279 g/mol. The van der Waals surface area contributed by atoms with E-state index in [1.165, 1.54) is 12.1 Å². The smallest absolute Gasteiger partial charge is 0.126 e. The summed E-state index contributed by atoms with van der Waals surface area (Å²) < 4.78 is 26.3. The third kappa shape index (κ3) is 3.76. The Labute approximate surface area is 115 Å². The molecule has 5 heteroatoms. The zero-order valence-electron chi connectivity index (χ0n) is 10.7. The fraction of sp³-hybridized carbons (Fsp3) is 0.200. The summed E-state index contributed by atoms with van der Waals surface area (Å²) in [7, 11) is 0. The van der Waals surface area contributed by atoms with Gasteiger partial charge in [0.05, 0.1) is 12.7 Å². The second-order valence-corrected chi connectivity index (χ2v) is 4.45. The number of rotatable bonds is 5. The second kappa shape index (κ2) is 6.45. The lowest BCUT2D eigenvalue weighted by molar-refractivity contribution is 0.105. The number of anilines is 1. The van der Waals surface area contributed by atoms with E-state index in [0.29, 0.717) is 11.1 Å². The van der Waals surface area contributed by atoms with E-state index < -0.39 is 17.7 Å². The van der Waals surface area contributed by atoms with Gasteiger partial charge in [-0.2, -0.15) is 0 Å². The first kappa shape index (κ1) is 14.4. The maximum absolute atomic E-state index is 13.1. The third-order valence-corrected chi connectivity index (χ3v) is 2.83. The van der Waals surface area contributed by atoms with Gasteiger partial charge < -0.3 is 15.5 Å². The highest BCUT2D eigenvalue weighted by Gasteiger charge is 2.04. The van der Waals surface area contributed by atoms with E-state index in [1.54, 1.807) is 24.3 Å². The van der Waals surface area contributed by atoms with Gasteiger partial charge in [0, 0.05) is 18.3 Å². The monoisotopic (exact) mass is 279 g/mol. The fourth-order valence-electron chi connectivity index (χ4n) is 1.80. The minimum Gasteiger partial charge on any atom is -0.394 e. The van der Waals surface area contributed by atoms with E-state index in [-0.39, 0.29) is 13.2 Å². The normalized spacial score (nSPS) is 12.2. The van der Waals surface area contributed by atoms with Crippen LogP contribution in [0.5, 0.6) is 0 Å². The molecule has 0 radical (unpaired) electrons. The summed E-state index contributed by atoms with van der Waals surface area (Å²) in [5.41, 5.74) is 1.90. The molecule has 2 aromatic rings. The molecule has 0 spiro atoms. The highest BCUT2D eigenvalue weighted by Crippen LogP contribution is 2.23. The molecule has 1 unspecified atom stereocenters. The SMILES string of the molecule is OCC(O)CNc1ccc(-c2cc(F)cc(F)c2)cc1. The summed E-state index contributed by atoms with van der Waals surface area (Å²) in [6, 6.07) is 10.3. The molecule has 20 heavy (non-hydrogen) atoms. The van der Waals surface area contributed by atoms with Crippen LogP contribution in [0.15, 0.2) is 42.5 Å². The van der Waals surface area contributed by atoms with Gasteiger partial charge in [-0.1, -0.05) is 12.1 Å². The molecule has 3 N–H and O–H groups in total. The van der Waals surface area contributed by atoms with Gasteiger partial charge in [-0.25, -0.2) is 8.78 Å². The van der Waals surface area contributed by atoms with Crippen molar-refractivity contribution in [2.75, 3.05) is 18.5 Å². The molecule has 0 aliphatic rings. The quantitative estimate of drug-likeness (QED) is 0.787. The highest BCUT2D eigenvalue weighted by molar-refractivity contribution is 5.66. The van der Waals surface area contributed by atoms with Gasteiger partial charge in [-0.05, 0) is 35.4 Å². The van der Waals surface area contributed by atoms with Crippen LogP contribution in [0.25, 0.3) is 11.1 Å². The summed E-state index contributed by atoms with van der Waals surface area (Å²) in [6.07, 6.45) is -0.827. The van der Waals surface area contributed by atoms with Crippen molar-refractivity contribution in [1.29, 1.82) is 0 Å². The molecule has 2 rings (SSSR count). The molecule has 0 saturated carbocycles. The van der Waals surface area contributed by atoms with E-state index in [9.17, 15) is 13.9 Å². The molecule has 0 fully saturated rings. The van der Waals surface area contributed by atoms with Crippen molar-refractivity contribution in [1.82, 2.24) is 0 Å². The lowest BCUT2D eigenvalue weighted by atomic mass is 10.1. The van der Waals surface area contributed by atoms with Crippen LogP contribution in [0.2, 0.25) is 0 Å². The molecule has 2 aromatic carbocycles. The van der Waals surface area contributed by atoms with Gasteiger partial charge in [0.2, 0.25) is 0 Å². The van der Waals surface area contributed by atoms with Gasteiger partial charge in [0.1, 0.15) is 11.6 Å². The van der Waals surface area contributed by atoms with Crippen LogP contribution in [0.4, 0.5) is 14.5 Å². The summed E-state index contributed by atoms with van der Waals surface area (Å²) in [4.78, 5) is 0. The van der Waals surface area contributed by atoms with Crippen LogP contribution >= 0.6 is 0 Å². The first-order valence-electron chi connectivity index (χ1n) is 6.18. The van der Waals surface area contributed by atoms with Crippen molar-refractivity contribution in [2.24, 2.45) is 0 Å². The lowest BCUT2D eigenvalue weighted by Gasteiger charge is -2.11. The van der Waals surface area contributed by atoms with Crippen molar-refractivity contribution in [3.63, 3.8) is 0 Å². The van der Waals surface area contributed by atoms with Crippen LogP contribution in [0.3, 0.4) is 0 Å². The minimum absolute atomic E-state index is 0.227. The highest BCUT2D eigenvalue weighted by atomic mass is 19.1. The molecule has 106 valence electrons. The Morgan fingerprint density at radius 1 is 0.950 bits per heavy atom. The predicted octanol–water partition coefficient (Wildman–Crippen LogP) is 2.40. The number of aliphatic hydroxyl groups excluding tert-OH is 2. The molecule has 0 aromatic heterocycles. The fourth-order valence-corrected chi connectivity index (χ4v) is 1.80. The first-order valence-corrected chi connectivity index (χ1v) is 6.18. The van der Waals surface area contributed by atoms with Crippen molar-refractivity contribution < 1.29 is 19.0 Å². The molecule has 0 amide bonds. The molecular weight excluding hydrogens is 264 g/mol. The van der Waals surface area contributed by atoms with Crippen molar-refractivity contribution in [2.45, 2.75) is 6.10 Å². The van der Waals surface area contributed by atoms with Gasteiger partial charge in [0.15, 0.2) is 0 Å². The van der Waals surface area contributed by atoms with E-state index in [0.717, 1.165) is 11.8 Å². The Balaban J connectivity index is 2.11. The summed E-state index contributed by atoms with van der Waals surface area (Å²) >= 11 is 0. The number of aliphatic hydroxyl groups is 2. The Morgan fingerprint density at radius 3 is 2.10 bits per heavy atom.